The molecule has 0 spiro atoms. The van der Waals surface area contributed by atoms with E-state index in [1.807, 2.05) is 12.1 Å². The Hall–Kier alpha value is -1.02. The van der Waals surface area contributed by atoms with Gasteiger partial charge in [0.2, 0.25) is 0 Å². The molecule has 1 aliphatic carbocycles. The maximum atomic E-state index is 9.36. The van der Waals surface area contributed by atoms with E-state index in [4.69, 9.17) is 0 Å². The third-order valence-electron chi connectivity index (χ3n) is 5.59. The Kier molecular flexibility index (Phi) is 3.65. The zero-order valence-corrected chi connectivity index (χ0v) is 12.8. The van der Waals surface area contributed by atoms with Crippen LogP contribution in [-0.4, -0.2) is 11.7 Å². The Labute approximate surface area is 117 Å². The van der Waals surface area contributed by atoms with Gasteiger partial charge in [-0.15, -0.1) is 0 Å². The van der Waals surface area contributed by atoms with E-state index < -0.39 is 0 Å². The molecule has 0 radical (unpaired) electrons. The lowest BCUT2D eigenvalue weighted by atomic mass is 10.0. The van der Waals surface area contributed by atoms with Crippen LogP contribution >= 0.6 is 0 Å². The number of phenolic OH excluding ortho intramolecular Hbond substituents is 1. The minimum atomic E-state index is 0.336. The third-order valence-corrected chi connectivity index (χ3v) is 5.59. The van der Waals surface area contributed by atoms with Crippen LogP contribution in [0.15, 0.2) is 24.3 Å². The van der Waals surface area contributed by atoms with E-state index >= 15 is 0 Å². The Morgan fingerprint density at radius 2 is 1.63 bits per heavy atom. The van der Waals surface area contributed by atoms with E-state index in [1.165, 1.54) is 5.56 Å². The number of hydrogen-bond acceptors (Lipinski definition) is 2. The summed E-state index contributed by atoms with van der Waals surface area (Å²) in [6.07, 6.45) is 1.07. The van der Waals surface area contributed by atoms with Gasteiger partial charge in [-0.25, -0.2) is 0 Å². The van der Waals surface area contributed by atoms with Crippen LogP contribution in [0.5, 0.6) is 5.75 Å². The van der Waals surface area contributed by atoms with Crippen molar-refractivity contribution < 1.29 is 5.11 Å². The molecular formula is C17H27NO. The zero-order valence-electron chi connectivity index (χ0n) is 12.8. The lowest BCUT2D eigenvalue weighted by molar-refractivity contribution is 0.457. The number of phenols is 1. The van der Waals surface area contributed by atoms with Gasteiger partial charge in [-0.2, -0.15) is 0 Å². The van der Waals surface area contributed by atoms with Gasteiger partial charge >= 0.3 is 0 Å². The van der Waals surface area contributed by atoms with Gasteiger partial charge < -0.3 is 10.4 Å². The molecule has 1 aromatic rings. The Morgan fingerprint density at radius 1 is 1.11 bits per heavy atom. The summed E-state index contributed by atoms with van der Waals surface area (Å²) in [6, 6.07) is 7.95. The maximum absolute atomic E-state index is 9.36. The topological polar surface area (TPSA) is 32.3 Å². The first-order valence-electron chi connectivity index (χ1n) is 7.33. The summed E-state index contributed by atoms with van der Waals surface area (Å²) in [5.74, 6) is 1.08. The fourth-order valence-electron chi connectivity index (χ4n) is 3.31. The van der Waals surface area contributed by atoms with Crippen LogP contribution in [0.25, 0.3) is 0 Å². The van der Waals surface area contributed by atoms with Gasteiger partial charge in [0.25, 0.3) is 0 Å². The van der Waals surface area contributed by atoms with Crippen LogP contribution in [0.4, 0.5) is 0 Å². The highest BCUT2D eigenvalue weighted by atomic mass is 16.3. The highest BCUT2D eigenvalue weighted by molar-refractivity contribution is 5.28. The molecule has 0 bridgehead atoms. The SMILES string of the molecule is CCC(NCC1C(C)(C)C1(C)C)c1ccc(O)cc1. The second-order valence-corrected chi connectivity index (χ2v) is 6.96. The highest BCUT2D eigenvalue weighted by Crippen LogP contribution is 2.68. The van der Waals surface area contributed by atoms with Crippen molar-refractivity contribution in [3.63, 3.8) is 0 Å². The number of benzene rings is 1. The predicted molar refractivity (Wildman–Crippen MR) is 80.2 cm³/mol. The van der Waals surface area contributed by atoms with Crippen molar-refractivity contribution in [2.24, 2.45) is 16.7 Å². The molecular weight excluding hydrogens is 234 g/mol. The van der Waals surface area contributed by atoms with Crippen molar-refractivity contribution in [2.45, 2.75) is 47.1 Å². The molecule has 0 aromatic heterocycles. The molecule has 106 valence electrons. The summed E-state index contributed by atoms with van der Waals surface area (Å²) in [6.45, 7) is 12.7. The van der Waals surface area contributed by atoms with Crippen molar-refractivity contribution >= 4 is 0 Å². The average Bonchev–Trinajstić information content (AvgIpc) is 2.73. The molecule has 2 nitrogen and oxygen atoms in total. The van der Waals surface area contributed by atoms with E-state index in [2.05, 4.69) is 39.9 Å². The minimum absolute atomic E-state index is 0.336. The van der Waals surface area contributed by atoms with Gasteiger partial charge in [-0.05, 0) is 47.4 Å². The fraction of sp³-hybridized carbons (Fsp3) is 0.647. The van der Waals surface area contributed by atoms with E-state index in [-0.39, 0.29) is 0 Å². The Balaban J connectivity index is 1.96. The third kappa shape index (κ3) is 2.51. The molecule has 2 N–H and O–H groups in total. The van der Waals surface area contributed by atoms with Crippen LogP contribution in [0.1, 0.15) is 52.6 Å². The number of nitrogens with one attached hydrogen (secondary N) is 1. The second kappa shape index (κ2) is 4.82. The van der Waals surface area contributed by atoms with Crippen molar-refractivity contribution in [3.05, 3.63) is 29.8 Å². The Bertz CT molecular complexity index is 419. The molecule has 1 unspecified atom stereocenters. The lowest BCUT2D eigenvalue weighted by Crippen LogP contribution is -2.24. The number of rotatable bonds is 5. The van der Waals surface area contributed by atoms with Crippen molar-refractivity contribution in [1.82, 2.24) is 5.32 Å². The molecule has 2 rings (SSSR count). The molecule has 2 heteroatoms. The van der Waals surface area contributed by atoms with Crippen molar-refractivity contribution in [1.29, 1.82) is 0 Å². The first kappa shape index (κ1) is 14.4. The van der Waals surface area contributed by atoms with Gasteiger partial charge in [0.15, 0.2) is 0 Å². The summed E-state index contributed by atoms with van der Waals surface area (Å²) in [7, 11) is 0. The molecule has 1 fully saturated rings. The van der Waals surface area contributed by atoms with Gasteiger partial charge in [0, 0.05) is 6.04 Å². The molecule has 1 aromatic carbocycles. The second-order valence-electron chi connectivity index (χ2n) is 6.96. The van der Waals surface area contributed by atoms with Crippen molar-refractivity contribution in [3.8, 4) is 5.75 Å². The molecule has 0 saturated heterocycles. The van der Waals surface area contributed by atoms with Crippen LogP contribution < -0.4 is 5.32 Å². The first-order chi connectivity index (χ1) is 8.80. The maximum Gasteiger partial charge on any atom is 0.115 e. The number of hydrogen-bond donors (Lipinski definition) is 2. The van der Waals surface area contributed by atoms with Gasteiger partial charge in [0.1, 0.15) is 5.75 Å². The summed E-state index contributed by atoms with van der Waals surface area (Å²) in [5, 5.41) is 13.1. The quantitative estimate of drug-likeness (QED) is 0.836. The summed E-state index contributed by atoms with van der Waals surface area (Å²) in [5.41, 5.74) is 2.14. The molecule has 1 atom stereocenters. The minimum Gasteiger partial charge on any atom is -0.508 e. The van der Waals surface area contributed by atoms with Gasteiger partial charge in [-0.1, -0.05) is 46.8 Å². The highest BCUT2D eigenvalue weighted by Gasteiger charge is 2.63. The molecule has 0 aliphatic heterocycles. The summed E-state index contributed by atoms with van der Waals surface area (Å²) >= 11 is 0. The molecule has 1 aliphatic rings. The first-order valence-corrected chi connectivity index (χ1v) is 7.33. The normalized spacial score (nSPS) is 22.2. The largest absolute Gasteiger partial charge is 0.508 e. The van der Waals surface area contributed by atoms with Crippen LogP contribution in [0.3, 0.4) is 0 Å². The monoisotopic (exact) mass is 261 g/mol. The molecule has 0 heterocycles. The van der Waals surface area contributed by atoms with Crippen LogP contribution in [-0.2, 0) is 0 Å². The molecule has 1 saturated carbocycles. The fourth-order valence-corrected chi connectivity index (χ4v) is 3.31. The van der Waals surface area contributed by atoms with Gasteiger partial charge in [0.05, 0.1) is 0 Å². The lowest BCUT2D eigenvalue weighted by Gasteiger charge is -2.18. The van der Waals surface area contributed by atoms with E-state index in [0.717, 1.165) is 18.9 Å². The van der Waals surface area contributed by atoms with Gasteiger partial charge in [-0.3, -0.25) is 0 Å². The summed E-state index contributed by atoms with van der Waals surface area (Å²) < 4.78 is 0. The smallest absolute Gasteiger partial charge is 0.115 e. The zero-order chi connectivity index (χ0) is 14.3. The molecule has 0 amide bonds. The van der Waals surface area contributed by atoms with Crippen molar-refractivity contribution in [2.75, 3.05) is 6.54 Å². The van der Waals surface area contributed by atoms with E-state index in [0.29, 0.717) is 22.6 Å². The Morgan fingerprint density at radius 3 is 2.05 bits per heavy atom. The predicted octanol–water partition coefficient (Wildman–Crippen LogP) is 4.12. The number of aromatic hydroxyl groups is 1. The van der Waals surface area contributed by atoms with Crippen LogP contribution in [0, 0.1) is 16.7 Å². The average molecular weight is 261 g/mol. The summed E-state index contributed by atoms with van der Waals surface area (Å²) in [4.78, 5) is 0. The van der Waals surface area contributed by atoms with Crippen LogP contribution in [0.2, 0.25) is 0 Å². The van der Waals surface area contributed by atoms with E-state index in [1.54, 1.807) is 12.1 Å². The van der Waals surface area contributed by atoms with E-state index in [9.17, 15) is 5.11 Å². The standard InChI is InChI=1S/C17H27NO/c1-6-14(12-7-9-13(19)10-8-12)18-11-15-16(2,3)17(15,4)5/h7-10,14-15,18-19H,6,11H2,1-5H3. The molecule has 19 heavy (non-hydrogen) atoms.